The summed E-state index contributed by atoms with van der Waals surface area (Å²) in [5, 5.41) is 3.81. The number of anilines is 1. The van der Waals surface area contributed by atoms with Crippen molar-refractivity contribution in [2.24, 2.45) is 5.10 Å². The zero-order valence-corrected chi connectivity index (χ0v) is 17.4. The van der Waals surface area contributed by atoms with Crippen molar-refractivity contribution in [2.75, 3.05) is 18.0 Å². The van der Waals surface area contributed by atoms with E-state index in [1.165, 1.54) is 61.9 Å². The second-order valence-electron chi connectivity index (χ2n) is 6.37. The Morgan fingerprint density at radius 3 is 2.29 bits per heavy atom. The Morgan fingerprint density at radius 2 is 1.68 bits per heavy atom. The quantitative estimate of drug-likeness (QED) is 0.430. The van der Waals surface area contributed by atoms with Crippen LogP contribution in [0.1, 0.15) is 5.56 Å². The Morgan fingerprint density at radius 1 is 1.03 bits per heavy atom. The van der Waals surface area contributed by atoms with Gasteiger partial charge in [0.05, 0.1) is 23.9 Å². The van der Waals surface area contributed by atoms with Gasteiger partial charge in [-0.25, -0.2) is 18.2 Å². The highest BCUT2D eigenvalue weighted by molar-refractivity contribution is 7.92. The van der Waals surface area contributed by atoms with Crippen LogP contribution in [0.15, 0.2) is 88.9 Å². The van der Waals surface area contributed by atoms with E-state index in [0.29, 0.717) is 17.0 Å². The first-order chi connectivity index (χ1) is 14.9. The third-order valence-electron chi connectivity index (χ3n) is 4.25. The van der Waals surface area contributed by atoms with Gasteiger partial charge in [-0.15, -0.1) is 0 Å². The van der Waals surface area contributed by atoms with Crippen LogP contribution in [-0.2, 0) is 14.8 Å². The lowest BCUT2D eigenvalue weighted by atomic mass is 10.2. The van der Waals surface area contributed by atoms with Gasteiger partial charge in [0.15, 0.2) is 0 Å². The molecule has 0 aliphatic heterocycles. The molecule has 0 fully saturated rings. The molecule has 0 saturated carbocycles. The minimum absolute atomic E-state index is 0.0137. The molecule has 3 rings (SSSR count). The first-order valence-corrected chi connectivity index (χ1v) is 10.6. The Bertz CT molecular complexity index is 1150. The van der Waals surface area contributed by atoms with E-state index in [2.05, 4.69) is 10.5 Å². The van der Waals surface area contributed by atoms with Gasteiger partial charge in [0.25, 0.3) is 15.9 Å². The van der Waals surface area contributed by atoms with Crippen LogP contribution in [0.3, 0.4) is 0 Å². The number of methoxy groups -OCH3 is 1. The van der Waals surface area contributed by atoms with Crippen molar-refractivity contribution in [1.29, 1.82) is 0 Å². The van der Waals surface area contributed by atoms with E-state index in [4.69, 9.17) is 4.74 Å². The number of nitrogens with one attached hydrogen (secondary N) is 1. The lowest BCUT2D eigenvalue weighted by Gasteiger charge is -2.23. The highest BCUT2D eigenvalue weighted by Gasteiger charge is 2.27. The van der Waals surface area contributed by atoms with E-state index in [-0.39, 0.29) is 10.7 Å². The summed E-state index contributed by atoms with van der Waals surface area (Å²) in [6.07, 6.45) is 1.34. The number of carbonyl (C=O) groups is 1. The van der Waals surface area contributed by atoms with E-state index >= 15 is 0 Å². The monoisotopic (exact) mass is 441 g/mol. The Balaban J connectivity index is 1.80. The predicted octanol–water partition coefficient (Wildman–Crippen LogP) is 3.18. The maximum atomic E-state index is 13.2. The van der Waals surface area contributed by atoms with E-state index < -0.39 is 22.5 Å². The summed E-state index contributed by atoms with van der Waals surface area (Å²) < 4.78 is 45.5. The van der Waals surface area contributed by atoms with Gasteiger partial charge in [-0.3, -0.25) is 9.10 Å². The number of hydrazone groups is 1. The molecular formula is C22H20FN3O4S. The smallest absolute Gasteiger partial charge is 0.264 e. The number of amides is 1. The van der Waals surface area contributed by atoms with Crippen molar-refractivity contribution < 1.29 is 22.3 Å². The maximum Gasteiger partial charge on any atom is 0.264 e. The Kier molecular flexibility index (Phi) is 6.99. The number of benzene rings is 3. The lowest BCUT2D eigenvalue weighted by Crippen LogP contribution is -2.39. The average Bonchev–Trinajstić information content (AvgIpc) is 2.79. The van der Waals surface area contributed by atoms with E-state index in [1.54, 1.807) is 30.3 Å². The molecule has 0 bridgehead atoms. The molecule has 0 atom stereocenters. The summed E-state index contributed by atoms with van der Waals surface area (Å²) >= 11 is 0. The van der Waals surface area contributed by atoms with Gasteiger partial charge in [0.1, 0.15) is 18.1 Å². The molecule has 3 aromatic carbocycles. The fourth-order valence-electron chi connectivity index (χ4n) is 2.68. The molecule has 0 spiro atoms. The molecule has 160 valence electrons. The largest absolute Gasteiger partial charge is 0.497 e. The zero-order chi connectivity index (χ0) is 22.3. The Labute approximate surface area is 179 Å². The molecule has 1 amide bonds. The van der Waals surface area contributed by atoms with Crippen LogP contribution >= 0.6 is 0 Å². The summed E-state index contributed by atoms with van der Waals surface area (Å²) in [6.45, 7) is -0.487. The third kappa shape index (κ3) is 5.67. The summed E-state index contributed by atoms with van der Waals surface area (Å²) in [4.78, 5) is 12.5. The van der Waals surface area contributed by atoms with Crippen LogP contribution in [0.25, 0.3) is 0 Å². The summed E-state index contributed by atoms with van der Waals surface area (Å²) in [5.41, 5.74) is 3.20. The topological polar surface area (TPSA) is 88.1 Å². The summed E-state index contributed by atoms with van der Waals surface area (Å²) in [7, 11) is -2.55. The van der Waals surface area contributed by atoms with Gasteiger partial charge in [-0.05, 0) is 54.1 Å². The van der Waals surface area contributed by atoms with E-state index in [0.717, 1.165) is 4.31 Å². The number of rotatable bonds is 8. The molecule has 0 aliphatic carbocycles. The summed E-state index contributed by atoms with van der Waals surface area (Å²) in [6, 6.07) is 19.7. The van der Waals surface area contributed by atoms with Crippen LogP contribution < -0.4 is 14.5 Å². The second-order valence-corrected chi connectivity index (χ2v) is 8.23. The van der Waals surface area contributed by atoms with Crippen molar-refractivity contribution in [2.45, 2.75) is 4.90 Å². The number of hydrogen-bond donors (Lipinski definition) is 1. The van der Waals surface area contributed by atoms with E-state index in [9.17, 15) is 17.6 Å². The zero-order valence-electron chi connectivity index (χ0n) is 16.6. The number of halogens is 1. The SMILES string of the molecule is COc1ccc(S(=O)(=O)N(CC(=O)N/N=C\c2ccc(F)cc2)c2ccccc2)cc1. The van der Waals surface area contributed by atoms with Crippen molar-refractivity contribution in [3.05, 3.63) is 90.2 Å². The normalized spacial score (nSPS) is 11.3. The fraction of sp³-hybridized carbons (Fsp3) is 0.0909. The summed E-state index contributed by atoms with van der Waals surface area (Å²) in [5.74, 6) is -0.513. The van der Waals surface area contributed by atoms with Crippen molar-refractivity contribution >= 4 is 27.8 Å². The first kappa shape index (κ1) is 22.0. The molecule has 0 radical (unpaired) electrons. The number of hydrogen-bond acceptors (Lipinski definition) is 5. The number of para-hydroxylation sites is 1. The molecular weight excluding hydrogens is 421 g/mol. The van der Waals surface area contributed by atoms with Gasteiger partial charge in [0.2, 0.25) is 0 Å². The Hall–Kier alpha value is -3.72. The van der Waals surface area contributed by atoms with Crippen molar-refractivity contribution in [1.82, 2.24) is 5.43 Å². The average molecular weight is 441 g/mol. The van der Waals surface area contributed by atoms with Gasteiger partial charge in [0, 0.05) is 0 Å². The van der Waals surface area contributed by atoms with Crippen LogP contribution in [-0.4, -0.2) is 34.2 Å². The first-order valence-electron chi connectivity index (χ1n) is 9.19. The molecule has 31 heavy (non-hydrogen) atoms. The molecule has 7 nitrogen and oxygen atoms in total. The van der Waals surface area contributed by atoms with Crippen molar-refractivity contribution in [3.63, 3.8) is 0 Å². The van der Waals surface area contributed by atoms with Crippen LogP contribution in [0, 0.1) is 5.82 Å². The van der Waals surface area contributed by atoms with Crippen LogP contribution in [0.2, 0.25) is 0 Å². The minimum Gasteiger partial charge on any atom is -0.497 e. The molecule has 0 saturated heterocycles. The molecule has 0 unspecified atom stereocenters. The molecule has 0 aliphatic rings. The van der Waals surface area contributed by atoms with E-state index in [1.807, 2.05) is 0 Å². The fourth-order valence-corrected chi connectivity index (χ4v) is 4.10. The molecule has 3 aromatic rings. The minimum atomic E-state index is -4.03. The highest BCUT2D eigenvalue weighted by atomic mass is 32.2. The molecule has 0 heterocycles. The second kappa shape index (κ2) is 9.86. The van der Waals surface area contributed by atoms with Gasteiger partial charge in [-0.2, -0.15) is 5.10 Å². The predicted molar refractivity (Wildman–Crippen MR) is 116 cm³/mol. The van der Waals surface area contributed by atoms with Gasteiger partial charge < -0.3 is 4.74 Å². The maximum absolute atomic E-state index is 13.2. The third-order valence-corrected chi connectivity index (χ3v) is 6.04. The standard InChI is InChI=1S/C22H20FN3O4S/c1-30-20-11-13-21(14-12-20)31(28,29)26(19-5-3-2-4-6-19)16-22(27)25-24-15-17-7-9-18(23)10-8-17/h2-15H,16H2,1H3,(H,25,27)/b24-15-. The van der Waals surface area contributed by atoms with Crippen LogP contribution in [0.4, 0.5) is 10.1 Å². The molecule has 0 aromatic heterocycles. The lowest BCUT2D eigenvalue weighted by molar-refractivity contribution is -0.119. The highest BCUT2D eigenvalue weighted by Crippen LogP contribution is 2.24. The number of sulfonamides is 1. The number of carbonyl (C=O) groups excluding carboxylic acids is 1. The molecule has 1 N–H and O–H groups in total. The van der Waals surface area contributed by atoms with Gasteiger partial charge in [-0.1, -0.05) is 30.3 Å². The molecule has 9 heteroatoms. The van der Waals surface area contributed by atoms with Crippen molar-refractivity contribution in [3.8, 4) is 5.75 Å². The number of nitrogens with zero attached hydrogens (tertiary/aromatic N) is 2. The van der Waals surface area contributed by atoms with Gasteiger partial charge >= 0.3 is 0 Å². The van der Waals surface area contributed by atoms with Crippen LogP contribution in [0.5, 0.6) is 5.75 Å². The number of ether oxygens (including phenoxy) is 1.